The lowest BCUT2D eigenvalue weighted by atomic mass is 9.69. The number of aromatic nitrogens is 5. The zero-order valence-electron chi connectivity index (χ0n) is 27.7. The number of imidazole rings is 1. The maximum Gasteiger partial charge on any atom is 0.287 e. The van der Waals surface area contributed by atoms with Gasteiger partial charge in [-0.3, -0.25) is 14.5 Å². The van der Waals surface area contributed by atoms with Crippen molar-refractivity contribution in [2.75, 3.05) is 0 Å². The molecule has 0 aliphatic carbocycles. The predicted molar refractivity (Wildman–Crippen MR) is 199 cm³/mol. The van der Waals surface area contributed by atoms with Crippen molar-refractivity contribution in [2.45, 2.75) is 31.3 Å². The van der Waals surface area contributed by atoms with E-state index in [0.717, 1.165) is 50.8 Å². The first-order valence-electron chi connectivity index (χ1n) is 16.9. The molecule has 0 aliphatic rings. The Morgan fingerprint density at radius 3 is 1.90 bits per heavy atom. The number of rotatable bonds is 10. The Kier molecular flexibility index (Phi) is 8.22. The number of hydrogen-bond acceptors (Lipinski definition) is 4. The lowest BCUT2D eigenvalue weighted by Gasteiger charge is -2.36. The van der Waals surface area contributed by atoms with Crippen molar-refractivity contribution in [3.63, 3.8) is 0 Å². The van der Waals surface area contributed by atoms with Crippen LogP contribution in [0.4, 0.5) is 0 Å². The van der Waals surface area contributed by atoms with Crippen LogP contribution in [0.2, 0.25) is 0 Å². The van der Waals surface area contributed by atoms with Crippen molar-refractivity contribution in [3.05, 3.63) is 186 Å². The van der Waals surface area contributed by atoms with Crippen LogP contribution in [-0.2, 0) is 18.4 Å². The molecule has 3 aromatic heterocycles. The number of fused-ring (bicyclic) bond motifs is 2. The van der Waals surface area contributed by atoms with Gasteiger partial charge in [0.15, 0.2) is 5.82 Å². The minimum Gasteiger partial charge on any atom is -0.347 e. The minimum absolute atomic E-state index is 0.0638. The Morgan fingerprint density at radius 1 is 0.760 bits per heavy atom. The first-order valence-corrected chi connectivity index (χ1v) is 16.9. The maximum absolute atomic E-state index is 13.4. The number of aromatic amines is 1. The third kappa shape index (κ3) is 5.83. The second-order valence-corrected chi connectivity index (χ2v) is 12.8. The minimum atomic E-state index is -0.568. The standard InChI is InChI=1S/C43H36N6O/c1-30(26-31-14-6-2-7-15-31)45-42(50)41-46-37-27-36-39(28-38(37)47-41)49(48-40(36)32-22-24-44-25-23-32)29-43(33-16-8-3-9-17-33,34-18-10-4-11-19-34)35-20-12-5-13-21-35/h2-25,27-28,30H,26,29H2,1H3,(H,45,50)(H,46,47)/t30-/m1/s1. The molecule has 2 N–H and O–H groups in total. The highest BCUT2D eigenvalue weighted by molar-refractivity contribution is 6.03. The first-order chi connectivity index (χ1) is 24.6. The third-order valence-electron chi connectivity index (χ3n) is 9.47. The van der Waals surface area contributed by atoms with Crippen LogP contribution in [0.3, 0.4) is 0 Å². The van der Waals surface area contributed by atoms with E-state index in [-0.39, 0.29) is 17.8 Å². The fourth-order valence-electron chi connectivity index (χ4n) is 7.11. The Morgan fingerprint density at radius 2 is 1.32 bits per heavy atom. The second-order valence-electron chi connectivity index (χ2n) is 12.8. The van der Waals surface area contributed by atoms with Crippen molar-refractivity contribution in [1.29, 1.82) is 0 Å². The predicted octanol–water partition coefficient (Wildman–Crippen LogP) is 8.37. The average Bonchev–Trinajstić information content (AvgIpc) is 3.75. The van der Waals surface area contributed by atoms with E-state index in [9.17, 15) is 4.79 Å². The molecule has 0 aliphatic heterocycles. The molecule has 0 saturated heterocycles. The van der Waals surface area contributed by atoms with Crippen LogP contribution in [0.1, 0.15) is 39.8 Å². The molecule has 0 bridgehead atoms. The van der Waals surface area contributed by atoms with Gasteiger partial charge in [0.1, 0.15) is 5.69 Å². The quantitative estimate of drug-likeness (QED) is 0.145. The number of benzene rings is 5. The molecule has 0 radical (unpaired) electrons. The van der Waals surface area contributed by atoms with Crippen LogP contribution >= 0.6 is 0 Å². The Hall–Kier alpha value is -6.34. The lowest BCUT2D eigenvalue weighted by Crippen LogP contribution is -2.35. The molecule has 0 unspecified atom stereocenters. The van der Waals surface area contributed by atoms with Gasteiger partial charge in [0.2, 0.25) is 0 Å². The molecule has 1 amide bonds. The summed E-state index contributed by atoms with van der Waals surface area (Å²) in [6.45, 7) is 2.53. The molecule has 0 saturated carbocycles. The molecule has 0 fully saturated rings. The van der Waals surface area contributed by atoms with Gasteiger partial charge in [-0.25, -0.2) is 4.98 Å². The Labute approximate surface area is 290 Å². The molecule has 8 aromatic rings. The van der Waals surface area contributed by atoms with Crippen molar-refractivity contribution in [2.24, 2.45) is 0 Å². The number of carbonyl (C=O) groups is 1. The smallest absolute Gasteiger partial charge is 0.287 e. The van der Waals surface area contributed by atoms with Crippen LogP contribution in [0.5, 0.6) is 0 Å². The number of pyridine rings is 1. The fraction of sp³-hybridized carbons (Fsp3) is 0.116. The Bertz CT molecular complexity index is 2270. The number of hydrogen-bond donors (Lipinski definition) is 2. The summed E-state index contributed by atoms with van der Waals surface area (Å²) in [6, 6.07) is 50.1. The van der Waals surface area contributed by atoms with E-state index in [1.807, 2.05) is 43.3 Å². The SMILES string of the molecule is C[C@H](Cc1ccccc1)NC(=O)c1nc2cc3c(-c4ccncc4)nn(CC(c4ccccc4)(c4ccccc4)c4ccccc4)c3cc2[nH]1. The number of nitrogens with zero attached hydrogens (tertiary/aromatic N) is 4. The molecular formula is C43H36N6O. The highest BCUT2D eigenvalue weighted by Crippen LogP contribution is 2.42. The third-order valence-corrected chi connectivity index (χ3v) is 9.47. The molecule has 7 nitrogen and oxygen atoms in total. The van der Waals surface area contributed by atoms with Crippen molar-refractivity contribution in [1.82, 2.24) is 30.0 Å². The van der Waals surface area contributed by atoms with Gasteiger partial charge in [-0.05, 0) is 59.9 Å². The summed E-state index contributed by atoms with van der Waals surface area (Å²) in [4.78, 5) is 25.8. The lowest BCUT2D eigenvalue weighted by molar-refractivity contribution is 0.0931. The highest BCUT2D eigenvalue weighted by Gasteiger charge is 2.38. The van der Waals surface area contributed by atoms with Gasteiger partial charge in [-0.1, -0.05) is 121 Å². The summed E-state index contributed by atoms with van der Waals surface area (Å²) in [7, 11) is 0. The molecule has 0 spiro atoms. The maximum atomic E-state index is 13.4. The molecular weight excluding hydrogens is 617 g/mol. The average molecular weight is 653 g/mol. The van der Waals surface area contributed by atoms with E-state index in [0.29, 0.717) is 12.1 Å². The van der Waals surface area contributed by atoms with Crippen LogP contribution in [-0.4, -0.2) is 36.7 Å². The van der Waals surface area contributed by atoms with Crippen LogP contribution in [0.25, 0.3) is 33.2 Å². The zero-order chi connectivity index (χ0) is 33.9. The summed E-state index contributed by atoms with van der Waals surface area (Å²) in [5.41, 5.74) is 8.29. The van der Waals surface area contributed by atoms with Gasteiger partial charge in [0.25, 0.3) is 5.91 Å². The summed E-state index contributed by atoms with van der Waals surface area (Å²) >= 11 is 0. The molecule has 1 atom stereocenters. The molecule has 244 valence electrons. The molecule has 8 rings (SSSR count). The first kappa shape index (κ1) is 31.0. The summed E-state index contributed by atoms with van der Waals surface area (Å²) in [6.07, 6.45) is 4.30. The van der Waals surface area contributed by atoms with E-state index in [1.54, 1.807) is 12.4 Å². The van der Waals surface area contributed by atoms with Gasteiger partial charge in [0, 0.05) is 29.4 Å². The molecule has 5 aromatic carbocycles. The molecule has 50 heavy (non-hydrogen) atoms. The number of H-pyrrole nitrogens is 1. The molecule has 3 heterocycles. The van der Waals surface area contributed by atoms with E-state index in [4.69, 9.17) is 10.1 Å². The van der Waals surface area contributed by atoms with Gasteiger partial charge >= 0.3 is 0 Å². The van der Waals surface area contributed by atoms with Gasteiger partial charge in [-0.15, -0.1) is 0 Å². The number of carbonyl (C=O) groups excluding carboxylic acids is 1. The summed E-state index contributed by atoms with van der Waals surface area (Å²) < 4.78 is 2.11. The summed E-state index contributed by atoms with van der Waals surface area (Å²) in [5.74, 6) is 0.0469. The fourth-order valence-corrected chi connectivity index (χ4v) is 7.11. The van der Waals surface area contributed by atoms with Gasteiger partial charge in [0.05, 0.1) is 28.5 Å². The van der Waals surface area contributed by atoms with Gasteiger partial charge < -0.3 is 10.3 Å². The number of amides is 1. The van der Waals surface area contributed by atoms with Gasteiger partial charge in [-0.2, -0.15) is 5.10 Å². The van der Waals surface area contributed by atoms with Crippen molar-refractivity contribution in [3.8, 4) is 11.3 Å². The van der Waals surface area contributed by atoms with Crippen LogP contribution in [0.15, 0.2) is 158 Å². The van der Waals surface area contributed by atoms with Crippen molar-refractivity contribution >= 4 is 27.8 Å². The Balaban J connectivity index is 1.27. The van der Waals surface area contributed by atoms with Crippen molar-refractivity contribution < 1.29 is 4.79 Å². The highest BCUT2D eigenvalue weighted by atomic mass is 16.2. The van der Waals surface area contributed by atoms with E-state index in [2.05, 4.69) is 129 Å². The van der Waals surface area contributed by atoms with Crippen LogP contribution < -0.4 is 5.32 Å². The summed E-state index contributed by atoms with van der Waals surface area (Å²) in [5, 5.41) is 9.39. The normalized spacial score (nSPS) is 12.3. The topological polar surface area (TPSA) is 88.5 Å². The molecule has 7 heteroatoms. The van der Waals surface area contributed by atoms with E-state index < -0.39 is 5.41 Å². The van der Waals surface area contributed by atoms with E-state index >= 15 is 0 Å². The second kappa shape index (κ2) is 13.3. The monoisotopic (exact) mass is 652 g/mol. The van der Waals surface area contributed by atoms with E-state index in [1.165, 1.54) is 5.56 Å². The number of nitrogens with one attached hydrogen (secondary N) is 2. The largest absolute Gasteiger partial charge is 0.347 e. The zero-order valence-corrected chi connectivity index (χ0v) is 27.7. The van der Waals surface area contributed by atoms with Crippen LogP contribution in [0, 0.1) is 0 Å².